The lowest BCUT2D eigenvalue weighted by atomic mass is 9.78. The molecule has 0 aromatic rings. The van der Waals surface area contributed by atoms with E-state index in [9.17, 15) is 0 Å². The van der Waals surface area contributed by atoms with E-state index in [0.29, 0.717) is 11.0 Å². The summed E-state index contributed by atoms with van der Waals surface area (Å²) in [6, 6.07) is 0. The van der Waals surface area contributed by atoms with Crippen LogP contribution in [0, 0.1) is 11.3 Å². The van der Waals surface area contributed by atoms with Crippen LogP contribution < -0.4 is 0 Å². The second-order valence-corrected chi connectivity index (χ2v) is 7.18. The lowest BCUT2D eigenvalue weighted by Crippen LogP contribution is -2.45. The lowest BCUT2D eigenvalue weighted by Gasteiger charge is -2.40. The van der Waals surface area contributed by atoms with E-state index < -0.39 is 0 Å². The second-order valence-electron chi connectivity index (χ2n) is 7.18. The Labute approximate surface area is 96.2 Å². The molecule has 0 radical (unpaired) electrons. The van der Waals surface area contributed by atoms with E-state index in [1.165, 1.54) is 32.4 Å². The molecule has 1 atom stereocenters. The van der Waals surface area contributed by atoms with E-state index >= 15 is 0 Å². The molecular weight excluding hydrogens is 182 g/mol. The quantitative estimate of drug-likeness (QED) is 0.587. The zero-order valence-electron chi connectivity index (χ0n) is 11.6. The molecule has 0 aliphatic carbocycles. The van der Waals surface area contributed by atoms with Gasteiger partial charge in [0.1, 0.15) is 0 Å². The van der Waals surface area contributed by atoms with Crippen LogP contribution in [0.5, 0.6) is 0 Å². The maximum absolute atomic E-state index is 2.68. The van der Waals surface area contributed by atoms with Gasteiger partial charge in [-0.2, -0.15) is 0 Å². The second kappa shape index (κ2) is 4.45. The fraction of sp³-hybridized carbons (Fsp3) is 1.00. The number of likely N-dealkylation sites (tertiary alicyclic amines) is 1. The fourth-order valence-corrected chi connectivity index (χ4v) is 2.46. The molecule has 0 N–H and O–H groups in total. The molecule has 0 spiro atoms. The summed E-state index contributed by atoms with van der Waals surface area (Å²) >= 11 is 0. The minimum Gasteiger partial charge on any atom is -0.298 e. The van der Waals surface area contributed by atoms with Gasteiger partial charge in [0, 0.05) is 12.1 Å². The molecule has 0 aromatic heterocycles. The fourth-order valence-electron chi connectivity index (χ4n) is 2.46. The van der Waals surface area contributed by atoms with Crippen LogP contribution in [-0.4, -0.2) is 23.5 Å². The van der Waals surface area contributed by atoms with Crippen molar-refractivity contribution in [3.8, 4) is 0 Å². The van der Waals surface area contributed by atoms with Gasteiger partial charge in [0.2, 0.25) is 0 Å². The molecule has 0 amide bonds. The van der Waals surface area contributed by atoms with Gasteiger partial charge in [-0.25, -0.2) is 0 Å². The van der Waals surface area contributed by atoms with Gasteiger partial charge >= 0.3 is 0 Å². The third-order valence-electron chi connectivity index (χ3n) is 3.84. The minimum atomic E-state index is 0.341. The Morgan fingerprint density at radius 3 is 2.00 bits per heavy atom. The highest BCUT2D eigenvalue weighted by Gasteiger charge is 2.31. The monoisotopic (exact) mass is 211 g/mol. The summed E-state index contributed by atoms with van der Waals surface area (Å²) in [5, 5.41) is 0. The molecule has 0 bridgehead atoms. The first kappa shape index (κ1) is 13.0. The van der Waals surface area contributed by atoms with Crippen molar-refractivity contribution in [2.24, 2.45) is 11.3 Å². The van der Waals surface area contributed by atoms with E-state index in [1.807, 2.05) is 0 Å². The number of hydrogen-bond acceptors (Lipinski definition) is 1. The zero-order valence-corrected chi connectivity index (χ0v) is 11.6. The number of nitrogens with zero attached hydrogens (tertiary/aromatic N) is 1. The van der Waals surface area contributed by atoms with E-state index in [-0.39, 0.29) is 0 Å². The van der Waals surface area contributed by atoms with Crippen LogP contribution in [0.1, 0.15) is 60.8 Å². The Morgan fingerprint density at radius 1 is 0.933 bits per heavy atom. The van der Waals surface area contributed by atoms with Crippen LogP contribution >= 0.6 is 0 Å². The highest BCUT2D eigenvalue weighted by molar-refractivity contribution is 4.85. The van der Waals surface area contributed by atoms with E-state index in [1.54, 1.807) is 0 Å². The average Bonchev–Trinajstić information content (AvgIpc) is 2.24. The molecule has 1 saturated heterocycles. The Balaban J connectivity index is 2.70. The normalized spacial score (nSPS) is 26.4. The topological polar surface area (TPSA) is 3.24 Å². The predicted molar refractivity (Wildman–Crippen MR) is 68.1 cm³/mol. The van der Waals surface area contributed by atoms with Gasteiger partial charge in [0.25, 0.3) is 0 Å². The van der Waals surface area contributed by atoms with Crippen LogP contribution in [-0.2, 0) is 0 Å². The van der Waals surface area contributed by atoms with Crippen molar-refractivity contribution >= 4 is 0 Å². The Bertz CT molecular complexity index is 172. The Hall–Kier alpha value is -0.0400. The summed E-state index contributed by atoms with van der Waals surface area (Å²) in [7, 11) is 0. The maximum atomic E-state index is 2.68. The summed E-state index contributed by atoms with van der Waals surface area (Å²) < 4.78 is 0. The van der Waals surface area contributed by atoms with Crippen molar-refractivity contribution in [1.82, 2.24) is 4.90 Å². The lowest BCUT2D eigenvalue weighted by molar-refractivity contribution is 0.0889. The Kier molecular flexibility index (Phi) is 3.86. The molecule has 1 aliphatic rings. The average molecular weight is 211 g/mol. The molecule has 1 unspecified atom stereocenters. The summed E-state index contributed by atoms with van der Waals surface area (Å²) in [6.45, 7) is 16.8. The molecular formula is C14H29N. The SMILES string of the molecule is CC(C)(C)C1CCCCN(C(C)(C)C)C1. The van der Waals surface area contributed by atoms with Crippen LogP contribution in [0.15, 0.2) is 0 Å². The Morgan fingerprint density at radius 2 is 1.53 bits per heavy atom. The molecule has 1 rings (SSSR count). The summed E-state index contributed by atoms with van der Waals surface area (Å²) in [5.74, 6) is 0.860. The van der Waals surface area contributed by atoms with Crippen molar-refractivity contribution in [2.45, 2.75) is 66.3 Å². The van der Waals surface area contributed by atoms with Crippen molar-refractivity contribution < 1.29 is 0 Å². The van der Waals surface area contributed by atoms with Gasteiger partial charge in [-0.15, -0.1) is 0 Å². The smallest absolute Gasteiger partial charge is 0.0125 e. The first-order chi connectivity index (χ1) is 6.71. The summed E-state index contributed by atoms with van der Waals surface area (Å²) in [6.07, 6.45) is 4.20. The molecule has 1 nitrogen and oxygen atoms in total. The van der Waals surface area contributed by atoms with Gasteiger partial charge in [-0.3, -0.25) is 4.90 Å². The number of rotatable bonds is 0. The van der Waals surface area contributed by atoms with Gasteiger partial charge in [-0.05, 0) is 51.5 Å². The first-order valence-corrected chi connectivity index (χ1v) is 6.46. The van der Waals surface area contributed by atoms with Gasteiger partial charge in [0.05, 0.1) is 0 Å². The molecule has 1 heterocycles. The highest BCUT2D eigenvalue weighted by Crippen LogP contribution is 2.34. The molecule has 0 saturated carbocycles. The van der Waals surface area contributed by atoms with E-state index in [2.05, 4.69) is 46.4 Å². The van der Waals surface area contributed by atoms with Gasteiger partial charge < -0.3 is 0 Å². The van der Waals surface area contributed by atoms with Crippen LogP contribution in [0.4, 0.5) is 0 Å². The largest absolute Gasteiger partial charge is 0.298 e. The van der Waals surface area contributed by atoms with Crippen LogP contribution in [0.25, 0.3) is 0 Å². The molecule has 90 valence electrons. The van der Waals surface area contributed by atoms with E-state index in [0.717, 1.165) is 5.92 Å². The van der Waals surface area contributed by atoms with Crippen molar-refractivity contribution in [3.63, 3.8) is 0 Å². The molecule has 15 heavy (non-hydrogen) atoms. The number of hydrogen-bond donors (Lipinski definition) is 0. The van der Waals surface area contributed by atoms with E-state index in [4.69, 9.17) is 0 Å². The van der Waals surface area contributed by atoms with Crippen molar-refractivity contribution in [2.75, 3.05) is 13.1 Å². The first-order valence-electron chi connectivity index (χ1n) is 6.46. The van der Waals surface area contributed by atoms with Gasteiger partial charge in [-0.1, -0.05) is 27.2 Å². The summed E-state index contributed by atoms with van der Waals surface area (Å²) in [4.78, 5) is 2.68. The third kappa shape index (κ3) is 3.79. The van der Waals surface area contributed by atoms with Crippen LogP contribution in [0.3, 0.4) is 0 Å². The van der Waals surface area contributed by atoms with Gasteiger partial charge in [0.15, 0.2) is 0 Å². The summed E-state index contributed by atoms with van der Waals surface area (Å²) in [5.41, 5.74) is 0.807. The standard InChI is InChI=1S/C14H29N/c1-13(2,3)12-9-7-8-10-15(11-12)14(4,5)6/h12H,7-11H2,1-6H3. The molecule has 1 aliphatic heterocycles. The molecule has 0 aromatic carbocycles. The maximum Gasteiger partial charge on any atom is 0.0125 e. The minimum absolute atomic E-state index is 0.341. The van der Waals surface area contributed by atoms with Crippen molar-refractivity contribution in [1.29, 1.82) is 0 Å². The predicted octanol–water partition coefficient (Wildman–Crippen LogP) is 3.93. The molecule has 1 fully saturated rings. The van der Waals surface area contributed by atoms with Crippen LogP contribution in [0.2, 0.25) is 0 Å². The third-order valence-corrected chi connectivity index (χ3v) is 3.84. The van der Waals surface area contributed by atoms with Crippen molar-refractivity contribution in [3.05, 3.63) is 0 Å². The molecule has 1 heteroatoms. The zero-order chi connectivity index (χ0) is 11.7. The highest BCUT2D eigenvalue weighted by atomic mass is 15.2.